The summed E-state index contributed by atoms with van der Waals surface area (Å²) in [5, 5.41) is 0. The third-order valence-corrected chi connectivity index (χ3v) is 3.54. The minimum atomic E-state index is -0.266. The predicted molar refractivity (Wildman–Crippen MR) is 68.2 cm³/mol. The molecule has 17 heavy (non-hydrogen) atoms. The van der Waals surface area contributed by atoms with Crippen LogP contribution in [0.5, 0.6) is 0 Å². The smallest absolute Gasteiger partial charge is 0.137 e. The van der Waals surface area contributed by atoms with Gasteiger partial charge in [-0.2, -0.15) is 0 Å². The van der Waals surface area contributed by atoms with Crippen molar-refractivity contribution in [3.63, 3.8) is 0 Å². The molecule has 2 nitrogen and oxygen atoms in total. The van der Waals surface area contributed by atoms with E-state index in [0.717, 1.165) is 16.9 Å². The molecule has 2 rings (SSSR count). The van der Waals surface area contributed by atoms with Gasteiger partial charge in [0.1, 0.15) is 11.6 Å². The van der Waals surface area contributed by atoms with Gasteiger partial charge in [-0.1, -0.05) is 12.1 Å². The molecule has 0 aliphatic heterocycles. The van der Waals surface area contributed by atoms with Crippen molar-refractivity contribution in [1.82, 2.24) is 0 Å². The van der Waals surface area contributed by atoms with Crippen LogP contribution in [-0.4, -0.2) is 0 Å². The Balaban J connectivity index is 2.18. The molecule has 1 atom stereocenters. The van der Waals surface area contributed by atoms with Gasteiger partial charge in [-0.05, 0) is 47.0 Å². The second-order valence-electron chi connectivity index (χ2n) is 4.01. The molecule has 0 aliphatic rings. The number of halogens is 2. The summed E-state index contributed by atoms with van der Waals surface area (Å²) in [5.41, 5.74) is 7.84. The van der Waals surface area contributed by atoms with Crippen LogP contribution in [0.15, 0.2) is 39.4 Å². The highest BCUT2D eigenvalue weighted by Gasteiger charge is 2.13. The van der Waals surface area contributed by atoms with Crippen LogP contribution in [0.2, 0.25) is 0 Å². The van der Waals surface area contributed by atoms with Crippen molar-refractivity contribution < 1.29 is 8.81 Å². The lowest BCUT2D eigenvalue weighted by Crippen LogP contribution is -2.13. The average Bonchev–Trinajstić information content (AvgIpc) is 2.72. The zero-order chi connectivity index (χ0) is 12.4. The van der Waals surface area contributed by atoms with E-state index in [9.17, 15) is 4.39 Å². The van der Waals surface area contributed by atoms with Crippen molar-refractivity contribution in [2.45, 2.75) is 19.4 Å². The fourth-order valence-electron chi connectivity index (χ4n) is 1.72. The van der Waals surface area contributed by atoms with Crippen LogP contribution < -0.4 is 5.73 Å². The topological polar surface area (TPSA) is 39.2 Å². The maximum absolute atomic E-state index is 13.3. The molecule has 90 valence electrons. The Hall–Kier alpha value is -1.13. The molecule has 0 radical (unpaired) electrons. The molecule has 0 aliphatic carbocycles. The molecule has 0 amide bonds. The highest BCUT2D eigenvalue weighted by molar-refractivity contribution is 9.10. The lowest BCUT2D eigenvalue weighted by Gasteiger charge is -2.11. The summed E-state index contributed by atoms with van der Waals surface area (Å²) in [5.74, 6) is 0.562. The van der Waals surface area contributed by atoms with E-state index in [1.165, 1.54) is 6.07 Å². The molecule has 1 heterocycles. The minimum absolute atomic E-state index is 0.189. The number of hydrogen-bond acceptors (Lipinski definition) is 2. The van der Waals surface area contributed by atoms with E-state index in [0.29, 0.717) is 10.9 Å². The number of rotatable bonds is 3. The standard InChI is InChI=1S/C13H13BrFNO/c1-8-5-10(7-17-8)12(16)6-9-3-2-4-11(15)13(9)14/h2-5,7,12H,6,16H2,1H3. The molecule has 4 heteroatoms. The van der Waals surface area contributed by atoms with Gasteiger partial charge >= 0.3 is 0 Å². The molecule has 1 aromatic heterocycles. The van der Waals surface area contributed by atoms with Crippen LogP contribution in [0.1, 0.15) is 22.9 Å². The van der Waals surface area contributed by atoms with Crippen LogP contribution in [-0.2, 0) is 6.42 Å². The Morgan fingerprint density at radius 2 is 2.24 bits per heavy atom. The second-order valence-corrected chi connectivity index (χ2v) is 4.81. The number of nitrogens with two attached hydrogens (primary N) is 1. The van der Waals surface area contributed by atoms with Gasteiger partial charge < -0.3 is 10.2 Å². The fourth-order valence-corrected chi connectivity index (χ4v) is 2.15. The summed E-state index contributed by atoms with van der Waals surface area (Å²) >= 11 is 3.23. The number of benzene rings is 1. The first-order chi connectivity index (χ1) is 8.08. The Morgan fingerprint density at radius 1 is 1.47 bits per heavy atom. The van der Waals surface area contributed by atoms with E-state index in [1.54, 1.807) is 12.3 Å². The first-order valence-corrected chi connectivity index (χ1v) is 6.10. The molecule has 0 saturated heterocycles. The van der Waals surface area contributed by atoms with E-state index < -0.39 is 0 Å². The number of aryl methyl sites for hydroxylation is 1. The van der Waals surface area contributed by atoms with Crippen LogP contribution in [0.4, 0.5) is 4.39 Å². The fraction of sp³-hybridized carbons (Fsp3) is 0.231. The largest absolute Gasteiger partial charge is 0.469 e. The van der Waals surface area contributed by atoms with Gasteiger partial charge in [-0.3, -0.25) is 0 Å². The Bertz CT molecular complexity index is 524. The monoisotopic (exact) mass is 297 g/mol. The van der Waals surface area contributed by atoms with Gasteiger partial charge in [0.05, 0.1) is 10.7 Å². The number of hydrogen-bond donors (Lipinski definition) is 1. The highest BCUT2D eigenvalue weighted by atomic mass is 79.9. The molecule has 1 unspecified atom stereocenters. The zero-order valence-electron chi connectivity index (χ0n) is 9.41. The van der Waals surface area contributed by atoms with Crippen molar-refractivity contribution >= 4 is 15.9 Å². The van der Waals surface area contributed by atoms with Crippen molar-refractivity contribution in [3.05, 3.63) is 57.7 Å². The third kappa shape index (κ3) is 2.76. The molecular weight excluding hydrogens is 285 g/mol. The van der Waals surface area contributed by atoms with Crippen LogP contribution in [0.25, 0.3) is 0 Å². The molecule has 2 N–H and O–H groups in total. The quantitative estimate of drug-likeness (QED) is 0.937. The Kier molecular flexibility index (Phi) is 3.64. The van der Waals surface area contributed by atoms with Crippen molar-refractivity contribution in [1.29, 1.82) is 0 Å². The van der Waals surface area contributed by atoms with Crippen molar-refractivity contribution in [2.75, 3.05) is 0 Å². The zero-order valence-corrected chi connectivity index (χ0v) is 11.0. The lowest BCUT2D eigenvalue weighted by atomic mass is 10.0. The minimum Gasteiger partial charge on any atom is -0.469 e. The maximum Gasteiger partial charge on any atom is 0.137 e. The van der Waals surface area contributed by atoms with Gasteiger partial charge in [0.25, 0.3) is 0 Å². The molecule has 0 fully saturated rings. The molecule has 0 saturated carbocycles. The Labute approximate surface area is 108 Å². The van der Waals surface area contributed by atoms with Crippen LogP contribution >= 0.6 is 15.9 Å². The number of furan rings is 1. The lowest BCUT2D eigenvalue weighted by molar-refractivity contribution is 0.528. The van der Waals surface area contributed by atoms with Crippen LogP contribution in [0, 0.1) is 12.7 Å². The van der Waals surface area contributed by atoms with Crippen molar-refractivity contribution in [3.8, 4) is 0 Å². The van der Waals surface area contributed by atoms with E-state index in [4.69, 9.17) is 10.2 Å². The molecule has 1 aromatic carbocycles. The van der Waals surface area contributed by atoms with Crippen LogP contribution in [0.3, 0.4) is 0 Å². The van der Waals surface area contributed by atoms with Gasteiger partial charge in [-0.15, -0.1) is 0 Å². The molecule has 0 bridgehead atoms. The summed E-state index contributed by atoms with van der Waals surface area (Å²) < 4.78 is 19.0. The van der Waals surface area contributed by atoms with Gasteiger partial charge in [-0.25, -0.2) is 4.39 Å². The average molecular weight is 298 g/mol. The van der Waals surface area contributed by atoms with E-state index in [-0.39, 0.29) is 11.9 Å². The highest BCUT2D eigenvalue weighted by Crippen LogP contribution is 2.25. The normalized spacial score (nSPS) is 12.7. The van der Waals surface area contributed by atoms with Crippen molar-refractivity contribution in [2.24, 2.45) is 5.73 Å². The first kappa shape index (κ1) is 12.3. The van der Waals surface area contributed by atoms with E-state index in [1.807, 2.05) is 19.1 Å². The summed E-state index contributed by atoms with van der Waals surface area (Å²) in [7, 11) is 0. The van der Waals surface area contributed by atoms with E-state index >= 15 is 0 Å². The molecule has 2 aromatic rings. The second kappa shape index (κ2) is 5.02. The first-order valence-electron chi connectivity index (χ1n) is 5.31. The maximum atomic E-state index is 13.3. The summed E-state index contributed by atoms with van der Waals surface area (Å²) in [6.07, 6.45) is 2.21. The predicted octanol–water partition coefficient (Wildman–Crippen LogP) is 3.73. The van der Waals surface area contributed by atoms with E-state index in [2.05, 4.69) is 15.9 Å². The van der Waals surface area contributed by atoms with Gasteiger partial charge in [0, 0.05) is 11.6 Å². The Morgan fingerprint density at radius 3 is 2.88 bits per heavy atom. The summed E-state index contributed by atoms with van der Waals surface area (Å²) in [6, 6.07) is 6.67. The van der Waals surface area contributed by atoms with Gasteiger partial charge in [0.15, 0.2) is 0 Å². The third-order valence-electron chi connectivity index (χ3n) is 2.65. The molecule has 0 spiro atoms. The SMILES string of the molecule is Cc1cc(C(N)Cc2cccc(F)c2Br)co1. The molecular formula is C13H13BrFNO. The summed E-state index contributed by atoms with van der Waals surface area (Å²) in [4.78, 5) is 0. The summed E-state index contributed by atoms with van der Waals surface area (Å²) in [6.45, 7) is 1.87. The van der Waals surface area contributed by atoms with Gasteiger partial charge in [0.2, 0.25) is 0 Å².